The van der Waals surface area contributed by atoms with Gasteiger partial charge in [-0.25, -0.2) is 0 Å². The van der Waals surface area contributed by atoms with E-state index < -0.39 is 0 Å². The summed E-state index contributed by atoms with van der Waals surface area (Å²) in [7, 11) is 1.65. The number of rotatable bonds is 2. The van der Waals surface area contributed by atoms with Gasteiger partial charge in [0.25, 0.3) is 0 Å². The van der Waals surface area contributed by atoms with Crippen LogP contribution in [0.2, 0.25) is 0 Å². The van der Waals surface area contributed by atoms with Crippen molar-refractivity contribution in [3.63, 3.8) is 0 Å². The summed E-state index contributed by atoms with van der Waals surface area (Å²) < 4.78 is 5.16. The molecule has 1 aromatic rings. The zero-order valence-electron chi connectivity index (χ0n) is 7.03. The maximum atomic E-state index is 5.16. The summed E-state index contributed by atoms with van der Waals surface area (Å²) in [5.74, 6) is 1.68. The highest BCUT2D eigenvalue weighted by Crippen LogP contribution is 2.27. The Labute approximate surface area is 71.2 Å². The Morgan fingerprint density at radius 3 is 2.92 bits per heavy atom. The highest BCUT2D eigenvalue weighted by Gasteiger charge is 2.19. The van der Waals surface area contributed by atoms with E-state index in [2.05, 4.69) is 15.1 Å². The summed E-state index contributed by atoms with van der Waals surface area (Å²) in [6.07, 6.45) is 2.88. The van der Waals surface area contributed by atoms with Crippen molar-refractivity contribution >= 4 is 5.82 Å². The molecule has 0 N–H and O–H groups in total. The molecule has 0 spiro atoms. The number of ether oxygens (including phenoxy) is 1. The summed E-state index contributed by atoms with van der Waals surface area (Å²) in [5.41, 5.74) is 0. The van der Waals surface area contributed by atoms with Crippen LogP contribution in [0.1, 0.15) is 6.42 Å². The number of hydrogen-bond donors (Lipinski definition) is 0. The second-order valence-electron chi connectivity index (χ2n) is 2.76. The van der Waals surface area contributed by atoms with Gasteiger partial charge in [-0.1, -0.05) is 0 Å². The molecule has 0 saturated carbocycles. The van der Waals surface area contributed by atoms with Crippen LogP contribution in [0.25, 0.3) is 0 Å². The third-order valence-corrected chi connectivity index (χ3v) is 2.04. The molecule has 12 heavy (non-hydrogen) atoms. The van der Waals surface area contributed by atoms with Gasteiger partial charge in [0, 0.05) is 19.2 Å². The highest BCUT2D eigenvalue weighted by atomic mass is 16.5. The first-order valence-corrected chi connectivity index (χ1v) is 4.02. The van der Waals surface area contributed by atoms with Crippen LogP contribution >= 0.6 is 0 Å². The van der Waals surface area contributed by atoms with Crippen molar-refractivity contribution in [2.45, 2.75) is 6.42 Å². The molecule has 64 valence electrons. The van der Waals surface area contributed by atoms with Crippen molar-refractivity contribution < 1.29 is 4.74 Å². The molecule has 0 unspecified atom stereocenters. The van der Waals surface area contributed by atoms with Crippen molar-refractivity contribution in [1.82, 2.24) is 10.2 Å². The molecule has 1 aliphatic rings. The summed E-state index contributed by atoms with van der Waals surface area (Å²) in [4.78, 5) is 2.16. The van der Waals surface area contributed by atoms with E-state index in [0.29, 0.717) is 0 Å². The Kier molecular flexibility index (Phi) is 1.81. The minimum absolute atomic E-state index is 0.810. The van der Waals surface area contributed by atoms with E-state index in [1.54, 1.807) is 13.3 Å². The molecule has 4 nitrogen and oxygen atoms in total. The third kappa shape index (κ3) is 1.09. The number of aromatic nitrogens is 2. The maximum Gasteiger partial charge on any atom is 0.193 e. The van der Waals surface area contributed by atoms with Gasteiger partial charge in [-0.3, -0.25) is 0 Å². The van der Waals surface area contributed by atoms with Gasteiger partial charge < -0.3 is 9.64 Å². The Bertz CT molecular complexity index is 273. The van der Waals surface area contributed by atoms with E-state index in [4.69, 9.17) is 4.74 Å². The molecular weight excluding hydrogens is 154 g/mol. The van der Waals surface area contributed by atoms with E-state index >= 15 is 0 Å². The van der Waals surface area contributed by atoms with Crippen molar-refractivity contribution in [3.05, 3.63) is 12.3 Å². The molecule has 4 heteroatoms. The van der Waals surface area contributed by atoms with Gasteiger partial charge >= 0.3 is 0 Å². The van der Waals surface area contributed by atoms with Gasteiger partial charge in [0.1, 0.15) is 0 Å². The molecule has 0 aliphatic carbocycles. The van der Waals surface area contributed by atoms with E-state index in [0.717, 1.165) is 24.7 Å². The fourth-order valence-corrected chi connectivity index (χ4v) is 1.22. The second-order valence-corrected chi connectivity index (χ2v) is 2.76. The largest absolute Gasteiger partial charge is 0.493 e. The molecule has 1 fully saturated rings. The third-order valence-electron chi connectivity index (χ3n) is 2.04. The van der Waals surface area contributed by atoms with Crippen LogP contribution in [0.5, 0.6) is 5.75 Å². The van der Waals surface area contributed by atoms with Crippen molar-refractivity contribution in [2.75, 3.05) is 25.1 Å². The topological polar surface area (TPSA) is 38.3 Å². The van der Waals surface area contributed by atoms with Crippen molar-refractivity contribution in [3.8, 4) is 5.75 Å². The molecule has 1 saturated heterocycles. The molecule has 2 rings (SSSR count). The van der Waals surface area contributed by atoms with Gasteiger partial charge in [0.15, 0.2) is 11.6 Å². The van der Waals surface area contributed by atoms with Gasteiger partial charge in [0.05, 0.1) is 13.3 Å². The fraction of sp³-hybridized carbons (Fsp3) is 0.500. The first-order chi connectivity index (χ1) is 5.92. The van der Waals surface area contributed by atoms with Crippen LogP contribution in [0, 0.1) is 0 Å². The Morgan fingerprint density at radius 1 is 1.50 bits per heavy atom. The van der Waals surface area contributed by atoms with Gasteiger partial charge in [-0.2, -0.15) is 5.10 Å². The second kappa shape index (κ2) is 2.97. The zero-order chi connectivity index (χ0) is 8.39. The Morgan fingerprint density at radius 2 is 2.33 bits per heavy atom. The van der Waals surface area contributed by atoms with Crippen LogP contribution < -0.4 is 9.64 Å². The predicted octanol–water partition coefficient (Wildman–Crippen LogP) is 0.695. The van der Waals surface area contributed by atoms with E-state index in [1.165, 1.54) is 6.42 Å². The van der Waals surface area contributed by atoms with Crippen LogP contribution in [-0.4, -0.2) is 30.4 Å². The van der Waals surface area contributed by atoms with Gasteiger partial charge in [-0.15, -0.1) is 5.10 Å². The molecule has 0 amide bonds. The van der Waals surface area contributed by atoms with Gasteiger partial charge in [0.2, 0.25) is 0 Å². The molecule has 0 aromatic carbocycles. The number of nitrogens with zero attached hydrogens (tertiary/aromatic N) is 3. The SMILES string of the molecule is COc1ccnnc1N1CCC1. The number of anilines is 1. The molecule has 1 aromatic heterocycles. The average molecular weight is 165 g/mol. The highest BCUT2D eigenvalue weighted by molar-refractivity contribution is 5.52. The van der Waals surface area contributed by atoms with E-state index in [-0.39, 0.29) is 0 Å². The zero-order valence-corrected chi connectivity index (χ0v) is 7.03. The normalized spacial score (nSPS) is 15.6. The maximum absolute atomic E-state index is 5.16. The summed E-state index contributed by atoms with van der Waals surface area (Å²) in [6, 6.07) is 1.83. The average Bonchev–Trinajstić information content (AvgIpc) is 2.02. The van der Waals surface area contributed by atoms with Crippen LogP contribution in [-0.2, 0) is 0 Å². The summed E-state index contributed by atoms with van der Waals surface area (Å²) in [6.45, 7) is 2.13. The molecule has 1 aliphatic heterocycles. The fourth-order valence-electron chi connectivity index (χ4n) is 1.22. The lowest BCUT2D eigenvalue weighted by Crippen LogP contribution is -2.38. The molecule has 2 heterocycles. The smallest absolute Gasteiger partial charge is 0.193 e. The lowest BCUT2D eigenvalue weighted by molar-refractivity contribution is 0.408. The van der Waals surface area contributed by atoms with Crippen molar-refractivity contribution in [2.24, 2.45) is 0 Å². The number of methoxy groups -OCH3 is 1. The van der Waals surface area contributed by atoms with Crippen molar-refractivity contribution in [1.29, 1.82) is 0 Å². The lowest BCUT2D eigenvalue weighted by Gasteiger charge is -2.32. The van der Waals surface area contributed by atoms with Gasteiger partial charge in [-0.05, 0) is 6.42 Å². The molecule has 0 atom stereocenters. The van der Waals surface area contributed by atoms with Crippen LogP contribution in [0.4, 0.5) is 5.82 Å². The summed E-state index contributed by atoms with van der Waals surface area (Å²) >= 11 is 0. The quantitative estimate of drug-likeness (QED) is 0.646. The van der Waals surface area contributed by atoms with E-state index in [9.17, 15) is 0 Å². The first kappa shape index (κ1) is 7.34. The first-order valence-electron chi connectivity index (χ1n) is 4.02. The lowest BCUT2D eigenvalue weighted by atomic mass is 10.2. The molecule has 0 radical (unpaired) electrons. The summed E-state index contributed by atoms with van der Waals surface area (Å²) in [5, 5.41) is 7.85. The minimum Gasteiger partial charge on any atom is -0.493 e. The Balaban J connectivity index is 2.27. The van der Waals surface area contributed by atoms with Crippen LogP contribution in [0.15, 0.2) is 12.3 Å². The van der Waals surface area contributed by atoms with Crippen LogP contribution in [0.3, 0.4) is 0 Å². The standard InChI is InChI=1S/C8H11N3O/c1-12-7-3-4-9-10-8(7)11-5-2-6-11/h3-4H,2,5-6H2,1H3. The Hall–Kier alpha value is -1.32. The monoisotopic (exact) mass is 165 g/mol. The molecule has 0 bridgehead atoms. The molecular formula is C8H11N3O. The minimum atomic E-state index is 0.810. The predicted molar refractivity (Wildman–Crippen MR) is 45.4 cm³/mol. The van der Waals surface area contributed by atoms with E-state index in [1.807, 2.05) is 6.07 Å². The number of hydrogen-bond acceptors (Lipinski definition) is 4.